The molecule has 98 valence electrons. The quantitative estimate of drug-likeness (QED) is 0.834. The summed E-state index contributed by atoms with van der Waals surface area (Å²) >= 11 is 4.90. The molecular weight excluding hydrogens is 322 g/mol. The van der Waals surface area contributed by atoms with Gasteiger partial charge in [0.25, 0.3) is 0 Å². The Morgan fingerprint density at radius 1 is 1.11 bits per heavy atom. The van der Waals surface area contributed by atoms with Gasteiger partial charge < -0.3 is 5.32 Å². The van der Waals surface area contributed by atoms with E-state index < -0.39 is 0 Å². The Hall–Kier alpha value is -1.26. The molecule has 0 spiro atoms. The van der Waals surface area contributed by atoms with Gasteiger partial charge >= 0.3 is 0 Å². The third-order valence-corrected chi connectivity index (χ3v) is 4.06. The molecule has 0 fully saturated rings. The van der Waals surface area contributed by atoms with Crippen LogP contribution in [0.15, 0.2) is 57.9 Å². The lowest BCUT2D eigenvalue weighted by Gasteiger charge is -2.05. The Kier molecular flexibility index (Phi) is 5.05. The molecule has 0 aliphatic rings. The molecule has 0 radical (unpaired) electrons. The average molecular weight is 336 g/mol. The van der Waals surface area contributed by atoms with Crippen LogP contribution >= 0.6 is 27.7 Å². The van der Waals surface area contributed by atoms with Crippen LogP contribution in [0.3, 0.4) is 0 Å². The minimum atomic E-state index is 0.00731. The van der Waals surface area contributed by atoms with E-state index in [0.717, 1.165) is 15.1 Å². The molecule has 0 heterocycles. The summed E-state index contributed by atoms with van der Waals surface area (Å²) in [5.74, 6) is 0.423. The second kappa shape index (κ2) is 6.78. The monoisotopic (exact) mass is 335 g/mol. The maximum absolute atomic E-state index is 11.8. The lowest BCUT2D eigenvalue weighted by atomic mass is 10.2. The topological polar surface area (TPSA) is 29.1 Å². The van der Waals surface area contributed by atoms with Crippen LogP contribution < -0.4 is 5.32 Å². The number of hydrogen-bond acceptors (Lipinski definition) is 2. The summed E-state index contributed by atoms with van der Waals surface area (Å²) in [5.41, 5.74) is 2.04. The first-order valence-electron chi connectivity index (χ1n) is 5.88. The molecule has 1 amide bonds. The number of nitrogens with one attached hydrogen (secondary N) is 1. The van der Waals surface area contributed by atoms with E-state index in [1.165, 1.54) is 17.3 Å². The number of anilines is 1. The van der Waals surface area contributed by atoms with Gasteiger partial charge in [-0.05, 0) is 43.3 Å². The van der Waals surface area contributed by atoms with Crippen molar-refractivity contribution in [2.24, 2.45) is 0 Å². The van der Waals surface area contributed by atoms with Crippen molar-refractivity contribution in [1.82, 2.24) is 0 Å². The van der Waals surface area contributed by atoms with Crippen molar-refractivity contribution >= 4 is 39.3 Å². The van der Waals surface area contributed by atoms with Crippen LogP contribution in [0.5, 0.6) is 0 Å². The zero-order valence-electron chi connectivity index (χ0n) is 10.5. The van der Waals surface area contributed by atoms with E-state index in [-0.39, 0.29) is 5.91 Å². The van der Waals surface area contributed by atoms with Gasteiger partial charge in [0.15, 0.2) is 0 Å². The van der Waals surface area contributed by atoms with Gasteiger partial charge in [-0.25, -0.2) is 0 Å². The van der Waals surface area contributed by atoms with Crippen LogP contribution in [0, 0.1) is 6.92 Å². The average Bonchev–Trinajstić information content (AvgIpc) is 2.41. The first-order valence-corrected chi connectivity index (χ1v) is 7.66. The maximum atomic E-state index is 11.8. The highest BCUT2D eigenvalue weighted by molar-refractivity contribution is 9.10. The Bertz CT molecular complexity index is 551. The number of carbonyl (C=O) groups excluding carboxylic acids is 1. The van der Waals surface area contributed by atoms with Gasteiger partial charge in [-0.2, -0.15) is 0 Å². The van der Waals surface area contributed by atoms with Crippen LogP contribution in [0.25, 0.3) is 0 Å². The molecular formula is C15H14BrNOS. The Labute approximate surface area is 125 Å². The lowest BCUT2D eigenvalue weighted by Crippen LogP contribution is -2.13. The number of thioether (sulfide) groups is 1. The summed E-state index contributed by atoms with van der Waals surface area (Å²) in [4.78, 5) is 12.9. The van der Waals surface area contributed by atoms with Crippen molar-refractivity contribution in [3.63, 3.8) is 0 Å². The summed E-state index contributed by atoms with van der Waals surface area (Å²) in [6.07, 6.45) is 0. The summed E-state index contributed by atoms with van der Waals surface area (Å²) in [6.45, 7) is 2.05. The Balaban J connectivity index is 1.84. The number of aryl methyl sites for hydroxylation is 1. The van der Waals surface area contributed by atoms with Crippen LogP contribution in [0.4, 0.5) is 5.69 Å². The van der Waals surface area contributed by atoms with Crippen LogP contribution in [0.1, 0.15) is 5.56 Å². The van der Waals surface area contributed by atoms with E-state index in [1.54, 1.807) is 0 Å². The third kappa shape index (κ3) is 4.73. The molecule has 0 saturated carbocycles. The minimum Gasteiger partial charge on any atom is -0.325 e. The molecule has 19 heavy (non-hydrogen) atoms. The third-order valence-electron chi connectivity index (χ3n) is 2.52. The van der Waals surface area contributed by atoms with Crippen molar-refractivity contribution in [2.75, 3.05) is 11.1 Å². The van der Waals surface area contributed by atoms with Gasteiger partial charge in [0, 0.05) is 15.1 Å². The predicted molar refractivity (Wildman–Crippen MR) is 84.7 cm³/mol. The van der Waals surface area contributed by atoms with Gasteiger partial charge in [0.05, 0.1) is 5.75 Å². The number of benzene rings is 2. The Morgan fingerprint density at radius 2 is 1.74 bits per heavy atom. The minimum absolute atomic E-state index is 0.00731. The molecule has 0 atom stereocenters. The second-order valence-electron chi connectivity index (χ2n) is 4.16. The largest absolute Gasteiger partial charge is 0.325 e. The molecule has 0 saturated heterocycles. The molecule has 0 aliphatic heterocycles. The van der Waals surface area contributed by atoms with Crippen molar-refractivity contribution in [1.29, 1.82) is 0 Å². The van der Waals surface area contributed by atoms with Gasteiger partial charge in [0.2, 0.25) is 5.91 Å². The van der Waals surface area contributed by atoms with E-state index >= 15 is 0 Å². The molecule has 2 rings (SSSR count). The maximum Gasteiger partial charge on any atom is 0.234 e. The standard InChI is InChI=1S/C15H14BrNOS/c1-11-2-8-14(9-3-11)19-10-15(18)17-13-6-4-12(16)5-7-13/h2-9H,10H2,1H3,(H,17,18). The van der Waals surface area contributed by atoms with Gasteiger partial charge in [-0.3, -0.25) is 4.79 Å². The number of amides is 1. The van der Waals surface area contributed by atoms with E-state index in [9.17, 15) is 4.79 Å². The Morgan fingerprint density at radius 3 is 2.37 bits per heavy atom. The molecule has 0 aromatic heterocycles. The fourth-order valence-electron chi connectivity index (χ4n) is 1.51. The molecule has 2 aromatic carbocycles. The van der Waals surface area contributed by atoms with Gasteiger partial charge in [-0.1, -0.05) is 33.6 Å². The molecule has 0 unspecified atom stereocenters. The van der Waals surface area contributed by atoms with Crippen LogP contribution in [0.2, 0.25) is 0 Å². The zero-order chi connectivity index (χ0) is 13.7. The fourth-order valence-corrected chi connectivity index (χ4v) is 2.48. The van der Waals surface area contributed by atoms with Crippen molar-refractivity contribution in [3.8, 4) is 0 Å². The molecule has 2 aromatic rings. The highest BCUT2D eigenvalue weighted by atomic mass is 79.9. The van der Waals surface area contributed by atoms with E-state index in [1.807, 2.05) is 36.4 Å². The normalized spacial score (nSPS) is 10.2. The SMILES string of the molecule is Cc1ccc(SCC(=O)Nc2ccc(Br)cc2)cc1. The first-order chi connectivity index (χ1) is 9.13. The van der Waals surface area contributed by atoms with E-state index in [2.05, 4.69) is 40.3 Å². The number of rotatable bonds is 4. The molecule has 2 nitrogen and oxygen atoms in total. The number of carbonyl (C=O) groups is 1. The summed E-state index contributed by atoms with van der Waals surface area (Å²) in [7, 11) is 0. The first kappa shape index (κ1) is 14.2. The summed E-state index contributed by atoms with van der Waals surface area (Å²) in [5, 5.41) is 2.87. The van der Waals surface area contributed by atoms with E-state index in [0.29, 0.717) is 5.75 Å². The van der Waals surface area contributed by atoms with Crippen LogP contribution in [-0.4, -0.2) is 11.7 Å². The molecule has 0 bridgehead atoms. The fraction of sp³-hybridized carbons (Fsp3) is 0.133. The van der Waals surface area contributed by atoms with Crippen LogP contribution in [-0.2, 0) is 4.79 Å². The predicted octanol–water partition coefficient (Wildman–Crippen LogP) is 4.49. The van der Waals surface area contributed by atoms with Gasteiger partial charge in [0.1, 0.15) is 0 Å². The number of hydrogen-bond donors (Lipinski definition) is 1. The summed E-state index contributed by atoms with van der Waals surface area (Å²) < 4.78 is 1.000. The zero-order valence-corrected chi connectivity index (χ0v) is 12.9. The van der Waals surface area contributed by atoms with Gasteiger partial charge in [-0.15, -0.1) is 11.8 Å². The molecule has 1 N–H and O–H groups in total. The van der Waals surface area contributed by atoms with E-state index in [4.69, 9.17) is 0 Å². The highest BCUT2D eigenvalue weighted by Crippen LogP contribution is 2.19. The molecule has 0 aliphatic carbocycles. The van der Waals surface area contributed by atoms with Crippen molar-refractivity contribution in [3.05, 3.63) is 58.6 Å². The van der Waals surface area contributed by atoms with Crippen molar-refractivity contribution in [2.45, 2.75) is 11.8 Å². The van der Waals surface area contributed by atoms with Crippen molar-refractivity contribution < 1.29 is 4.79 Å². The summed E-state index contributed by atoms with van der Waals surface area (Å²) in [6, 6.07) is 15.7. The molecule has 4 heteroatoms. The smallest absolute Gasteiger partial charge is 0.234 e. The second-order valence-corrected chi connectivity index (χ2v) is 6.12. The number of halogens is 1. The highest BCUT2D eigenvalue weighted by Gasteiger charge is 2.03. The lowest BCUT2D eigenvalue weighted by molar-refractivity contribution is -0.113.